The molecule has 2 fully saturated rings. The van der Waals surface area contributed by atoms with E-state index >= 15 is 0 Å². The van der Waals surface area contributed by atoms with E-state index in [1.807, 2.05) is 18.7 Å². The molecule has 2 aliphatic rings. The molecule has 6 nitrogen and oxygen atoms in total. The van der Waals surface area contributed by atoms with Gasteiger partial charge in [0.15, 0.2) is 0 Å². The molecule has 24 heavy (non-hydrogen) atoms. The van der Waals surface area contributed by atoms with Gasteiger partial charge in [-0.2, -0.15) is 13.5 Å². The van der Waals surface area contributed by atoms with Crippen LogP contribution in [0.5, 0.6) is 0 Å². The number of nitrogens with one attached hydrogen (secondary N) is 1. The molecule has 0 aliphatic carbocycles. The zero-order valence-electron chi connectivity index (χ0n) is 14.0. The number of fused-ring (bicyclic) bond motifs is 1. The monoisotopic (exact) mass is 349 g/mol. The summed E-state index contributed by atoms with van der Waals surface area (Å²) >= 11 is 0. The maximum absolute atomic E-state index is 12.3. The van der Waals surface area contributed by atoms with Crippen molar-refractivity contribution in [3.8, 4) is 0 Å². The highest BCUT2D eigenvalue weighted by Crippen LogP contribution is 2.33. The Morgan fingerprint density at radius 2 is 1.96 bits per heavy atom. The molecule has 0 bridgehead atoms. The summed E-state index contributed by atoms with van der Waals surface area (Å²) in [6, 6.07) is 6.82. The Bertz CT molecular complexity index is 756. The fourth-order valence-electron chi connectivity index (χ4n) is 3.61. The standard InChI is InChI=1S/C17H23N3O3S/c1-12-5-7-14(8-6-12)24(22,23)19-18-13(2)15-9-10-17(21)20-11-3-4-16(15)20/h5-8,15-16,19H,3-4,9-11H2,1-2H3/b18-13+/t15-,16-/m1/s1. The first-order chi connectivity index (χ1) is 11.4. The summed E-state index contributed by atoms with van der Waals surface area (Å²) in [5.41, 5.74) is 1.75. The van der Waals surface area contributed by atoms with Crippen LogP contribution in [0.4, 0.5) is 0 Å². The van der Waals surface area contributed by atoms with Crippen LogP contribution in [-0.2, 0) is 14.8 Å². The van der Waals surface area contributed by atoms with Gasteiger partial charge < -0.3 is 4.90 Å². The number of hydrogen-bond donors (Lipinski definition) is 1. The number of nitrogens with zero attached hydrogens (tertiary/aromatic N) is 2. The Labute approximate surface area is 143 Å². The van der Waals surface area contributed by atoms with Crippen LogP contribution in [0, 0.1) is 12.8 Å². The summed E-state index contributed by atoms with van der Waals surface area (Å²) in [4.78, 5) is 16.4. The van der Waals surface area contributed by atoms with Crippen molar-refractivity contribution in [1.82, 2.24) is 9.73 Å². The van der Waals surface area contributed by atoms with E-state index in [9.17, 15) is 13.2 Å². The molecular weight excluding hydrogens is 326 g/mol. The van der Waals surface area contributed by atoms with Crippen molar-refractivity contribution in [2.45, 2.75) is 50.5 Å². The summed E-state index contributed by atoms with van der Waals surface area (Å²) in [5.74, 6) is 0.340. The van der Waals surface area contributed by atoms with E-state index in [0.717, 1.165) is 37.1 Å². The Morgan fingerprint density at radius 1 is 1.25 bits per heavy atom. The van der Waals surface area contributed by atoms with E-state index in [0.29, 0.717) is 6.42 Å². The molecule has 1 N–H and O–H groups in total. The zero-order valence-corrected chi connectivity index (χ0v) is 14.8. The van der Waals surface area contributed by atoms with Crippen LogP contribution in [0.1, 0.15) is 38.2 Å². The van der Waals surface area contributed by atoms with Gasteiger partial charge in [-0.3, -0.25) is 4.79 Å². The first-order valence-corrected chi connectivity index (χ1v) is 9.79. The van der Waals surface area contributed by atoms with Crippen molar-refractivity contribution in [1.29, 1.82) is 0 Å². The van der Waals surface area contributed by atoms with Gasteiger partial charge in [0, 0.05) is 30.6 Å². The lowest BCUT2D eigenvalue weighted by Crippen LogP contribution is -2.47. The quantitative estimate of drug-likeness (QED) is 0.667. The molecule has 2 atom stereocenters. The van der Waals surface area contributed by atoms with E-state index in [4.69, 9.17) is 0 Å². The van der Waals surface area contributed by atoms with E-state index in [2.05, 4.69) is 9.93 Å². The van der Waals surface area contributed by atoms with E-state index in [1.54, 1.807) is 24.3 Å². The molecule has 1 aromatic carbocycles. The summed E-state index contributed by atoms with van der Waals surface area (Å²) in [6.07, 6.45) is 3.23. The molecule has 130 valence electrons. The lowest BCUT2D eigenvalue weighted by molar-refractivity contribution is -0.135. The van der Waals surface area contributed by atoms with Gasteiger partial charge in [-0.05, 0) is 45.2 Å². The SMILES string of the molecule is C/C(=N\NS(=O)(=O)c1ccc(C)cc1)[C@H]1CCC(=O)N2CCC[C@H]12. The molecule has 1 aromatic rings. The van der Waals surface area contributed by atoms with Gasteiger partial charge in [0.2, 0.25) is 5.91 Å². The second-order valence-corrected chi connectivity index (χ2v) is 8.26. The van der Waals surface area contributed by atoms with Gasteiger partial charge in [0.1, 0.15) is 0 Å². The van der Waals surface area contributed by atoms with Gasteiger partial charge in [0.25, 0.3) is 10.0 Å². The first-order valence-electron chi connectivity index (χ1n) is 8.30. The van der Waals surface area contributed by atoms with Crippen molar-refractivity contribution >= 4 is 21.6 Å². The molecular formula is C17H23N3O3S. The molecule has 1 amide bonds. The third kappa shape index (κ3) is 3.31. The number of carbonyl (C=O) groups excluding carboxylic acids is 1. The van der Waals surface area contributed by atoms with E-state index in [1.165, 1.54) is 0 Å². The van der Waals surface area contributed by atoms with Crippen molar-refractivity contribution < 1.29 is 13.2 Å². The van der Waals surface area contributed by atoms with Gasteiger partial charge >= 0.3 is 0 Å². The number of amides is 1. The predicted molar refractivity (Wildman–Crippen MR) is 92.1 cm³/mol. The number of carbonyl (C=O) groups is 1. The van der Waals surface area contributed by atoms with Crippen LogP contribution in [0.25, 0.3) is 0 Å². The summed E-state index contributed by atoms with van der Waals surface area (Å²) in [6.45, 7) is 4.56. The second kappa shape index (κ2) is 6.55. The summed E-state index contributed by atoms with van der Waals surface area (Å²) in [5, 5.41) is 4.14. The Hall–Kier alpha value is -1.89. The fourth-order valence-corrected chi connectivity index (χ4v) is 4.47. The number of piperidine rings is 1. The van der Waals surface area contributed by atoms with Gasteiger partial charge in [-0.1, -0.05) is 17.7 Å². The smallest absolute Gasteiger partial charge is 0.276 e. The van der Waals surface area contributed by atoms with Crippen molar-refractivity contribution in [2.24, 2.45) is 11.0 Å². The molecule has 7 heteroatoms. The average molecular weight is 349 g/mol. The highest BCUT2D eigenvalue weighted by molar-refractivity contribution is 7.89. The Balaban J connectivity index is 1.74. The lowest BCUT2D eigenvalue weighted by Gasteiger charge is -2.36. The molecule has 0 aromatic heterocycles. The molecule has 0 radical (unpaired) electrons. The van der Waals surface area contributed by atoms with Crippen molar-refractivity contribution in [3.05, 3.63) is 29.8 Å². The fraction of sp³-hybridized carbons (Fsp3) is 0.529. The van der Waals surface area contributed by atoms with E-state index in [-0.39, 0.29) is 22.8 Å². The number of benzene rings is 1. The number of hydrazone groups is 1. The molecule has 3 rings (SSSR count). The molecule has 2 saturated heterocycles. The largest absolute Gasteiger partial charge is 0.339 e. The average Bonchev–Trinajstić information content (AvgIpc) is 3.04. The number of aryl methyl sites for hydroxylation is 1. The number of hydrogen-bond acceptors (Lipinski definition) is 4. The predicted octanol–water partition coefficient (Wildman–Crippen LogP) is 2.05. The Morgan fingerprint density at radius 3 is 2.67 bits per heavy atom. The van der Waals surface area contributed by atoms with Gasteiger partial charge in [0.05, 0.1) is 4.90 Å². The topological polar surface area (TPSA) is 78.8 Å². The molecule has 2 aliphatic heterocycles. The summed E-state index contributed by atoms with van der Waals surface area (Å²) < 4.78 is 24.7. The zero-order chi connectivity index (χ0) is 17.3. The first kappa shape index (κ1) is 17.0. The highest BCUT2D eigenvalue weighted by atomic mass is 32.2. The third-order valence-corrected chi connectivity index (χ3v) is 6.19. The minimum atomic E-state index is -3.66. The van der Waals surface area contributed by atoms with Crippen LogP contribution in [0.3, 0.4) is 0 Å². The molecule has 0 unspecified atom stereocenters. The Kier molecular flexibility index (Phi) is 4.62. The normalized spacial score (nSPS) is 24.8. The van der Waals surface area contributed by atoms with E-state index < -0.39 is 10.0 Å². The van der Waals surface area contributed by atoms with Gasteiger partial charge in [-0.15, -0.1) is 0 Å². The number of rotatable bonds is 4. The van der Waals surface area contributed by atoms with Gasteiger partial charge in [-0.25, -0.2) is 4.83 Å². The van der Waals surface area contributed by atoms with Crippen LogP contribution in [-0.4, -0.2) is 37.5 Å². The third-order valence-electron chi connectivity index (χ3n) is 4.96. The van der Waals surface area contributed by atoms with Crippen LogP contribution in [0.15, 0.2) is 34.3 Å². The highest BCUT2D eigenvalue weighted by Gasteiger charge is 2.39. The minimum absolute atomic E-state index is 0.130. The maximum atomic E-state index is 12.3. The van der Waals surface area contributed by atoms with Crippen molar-refractivity contribution in [3.63, 3.8) is 0 Å². The number of sulfonamides is 1. The minimum Gasteiger partial charge on any atom is -0.339 e. The van der Waals surface area contributed by atoms with Crippen molar-refractivity contribution in [2.75, 3.05) is 6.54 Å². The lowest BCUT2D eigenvalue weighted by atomic mass is 9.85. The van der Waals surface area contributed by atoms with Crippen LogP contribution < -0.4 is 4.83 Å². The molecule has 0 spiro atoms. The molecule has 2 heterocycles. The van der Waals surface area contributed by atoms with Crippen LogP contribution >= 0.6 is 0 Å². The maximum Gasteiger partial charge on any atom is 0.276 e. The second-order valence-electron chi connectivity index (χ2n) is 6.60. The molecule has 0 saturated carbocycles. The van der Waals surface area contributed by atoms with Crippen LogP contribution in [0.2, 0.25) is 0 Å². The summed E-state index contributed by atoms with van der Waals surface area (Å²) in [7, 11) is -3.66.